The van der Waals surface area contributed by atoms with Crippen LogP contribution in [0.2, 0.25) is 0 Å². The van der Waals surface area contributed by atoms with Crippen LogP contribution < -0.4 is 5.32 Å². The van der Waals surface area contributed by atoms with Crippen molar-refractivity contribution >= 4 is 22.6 Å². The first-order valence-corrected chi connectivity index (χ1v) is 9.13. The number of nitrogens with zero attached hydrogens (tertiary/aromatic N) is 4. The van der Waals surface area contributed by atoms with Gasteiger partial charge in [-0.25, -0.2) is 18.9 Å². The van der Waals surface area contributed by atoms with Crippen LogP contribution in [0.5, 0.6) is 0 Å². The van der Waals surface area contributed by atoms with Crippen molar-refractivity contribution in [3.8, 4) is 0 Å². The molecule has 0 bridgehead atoms. The van der Waals surface area contributed by atoms with Crippen molar-refractivity contribution in [1.29, 1.82) is 0 Å². The van der Waals surface area contributed by atoms with Gasteiger partial charge < -0.3 is 5.32 Å². The van der Waals surface area contributed by atoms with Gasteiger partial charge in [0.15, 0.2) is 11.3 Å². The number of pyridine rings is 1. The largest absolute Gasteiger partial charge is 0.352 e. The first-order valence-electron chi connectivity index (χ1n) is 9.13. The third-order valence-electron chi connectivity index (χ3n) is 4.89. The smallest absolute Gasteiger partial charge is 0.220 e. The normalized spacial score (nSPS) is 11.2. The van der Waals surface area contributed by atoms with Crippen molar-refractivity contribution in [2.45, 2.75) is 33.2 Å². The highest BCUT2D eigenvalue weighted by atomic mass is 19.1. The van der Waals surface area contributed by atoms with Gasteiger partial charge in [-0.15, -0.1) is 5.10 Å². The highest BCUT2D eigenvalue weighted by Crippen LogP contribution is 2.21. The van der Waals surface area contributed by atoms with Gasteiger partial charge in [-0.05, 0) is 55.7 Å². The summed E-state index contributed by atoms with van der Waals surface area (Å²) in [7, 11) is 0. The molecule has 0 fully saturated rings. The monoisotopic (exact) mass is 377 g/mol. The molecule has 0 atom stereocenters. The van der Waals surface area contributed by atoms with Crippen LogP contribution in [0.15, 0.2) is 42.6 Å². The van der Waals surface area contributed by atoms with Gasteiger partial charge in [-0.3, -0.25) is 4.79 Å². The minimum Gasteiger partial charge on any atom is -0.352 e. The average Bonchev–Trinajstić information content (AvgIpc) is 3.06. The molecule has 28 heavy (non-hydrogen) atoms. The zero-order chi connectivity index (χ0) is 19.7. The Kier molecular flexibility index (Phi) is 4.73. The van der Waals surface area contributed by atoms with Crippen molar-refractivity contribution in [3.63, 3.8) is 0 Å². The van der Waals surface area contributed by atoms with Crippen LogP contribution in [-0.2, 0) is 17.8 Å². The topological polar surface area (TPSA) is 72.2 Å². The molecule has 1 aromatic carbocycles. The van der Waals surface area contributed by atoms with E-state index in [0.29, 0.717) is 25.0 Å². The Bertz CT molecular complexity index is 1170. The molecule has 7 heteroatoms. The van der Waals surface area contributed by atoms with Crippen molar-refractivity contribution in [2.75, 3.05) is 0 Å². The van der Waals surface area contributed by atoms with E-state index in [1.165, 1.54) is 12.1 Å². The Morgan fingerprint density at radius 1 is 1.18 bits per heavy atom. The predicted octanol–water partition coefficient (Wildman–Crippen LogP) is 3.28. The maximum absolute atomic E-state index is 12.9. The van der Waals surface area contributed by atoms with E-state index in [0.717, 1.165) is 33.5 Å². The summed E-state index contributed by atoms with van der Waals surface area (Å²) in [5, 5.41) is 8.32. The summed E-state index contributed by atoms with van der Waals surface area (Å²) >= 11 is 0. The quantitative estimate of drug-likeness (QED) is 0.579. The maximum Gasteiger partial charge on any atom is 0.220 e. The molecule has 0 aliphatic rings. The standard InChI is InChI=1S/C21H20FN5O/c1-13-17(9-10-19(28)24-12-15-5-7-16(22)8-6-15)14(2)27-21(25-13)18-4-3-11-23-20(18)26-27/h3-8,11H,9-10,12H2,1-2H3,(H,24,28). The third-order valence-corrected chi connectivity index (χ3v) is 4.89. The number of nitrogens with one attached hydrogen (secondary N) is 1. The lowest BCUT2D eigenvalue weighted by Crippen LogP contribution is -2.23. The second-order valence-corrected chi connectivity index (χ2v) is 6.77. The van der Waals surface area contributed by atoms with Crippen molar-refractivity contribution in [2.24, 2.45) is 0 Å². The molecular formula is C21H20FN5O. The van der Waals surface area contributed by atoms with Crippen LogP contribution in [0, 0.1) is 19.7 Å². The van der Waals surface area contributed by atoms with Crippen molar-refractivity contribution in [1.82, 2.24) is 24.9 Å². The van der Waals surface area contributed by atoms with Crippen LogP contribution in [0.1, 0.15) is 28.9 Å². The lowest BCUT2D eigenvalue weighted by molar-refractivity contribution is -0.121. The molecule has 4 aromatic rings. The molecule has 0 saturated heterocycles. The fourth-order valence-corrected chi connectivity index (χ4v) is 3.36. The van der Waals surface area contributed by atoms with Gasteiger partial charge in [0.05, 0.1) is 5.39 Å². The Hall–Kier alpha value is -3.35. The number of carbonyl (C=O) groups excluding carboxylic acids is 1. The molecule has 0 spiro atoms. The number of carbonyl (C=O) groups is 1. The van der Waals surface area contributed by atoms with Gasteiger partial charge >= 0.3 is 0 Å². The van der Waals surface area contributed by atoms with Gasteiger partial charge in [-0.2, -0.15) is 0 Å². The SMILES string of the molecule is Cc1nc2c3cccnc3nn2c(C)c1CCC(=O)NCc1ccc(F)cc1. The second kappa shape index (κ2) is 7.34. The number of fused-ring (bicyclic) bond motifs is 3. The molecule has 0 unspecified atom stereocenters. The van der Waals surface area contributed by atoms with E-state index in [-0.39, 0.29) is 11.7 Å². The molecule has 1 amide bonds. The van der Waals surface area contributed by atoms with E-state index in [9.17, 15) is 9.18 Å². The molecule has 3 aromatic heterocycles. The number of hydrogen-bond donors (Lipinski definition) is 1. The summed E-state index contributed by atoms with van der Waals surface area (Å²) in [4.78, 5) is 21.2. The fourth-order valence-electron chi connectivity index (χ4n) is 3.36. The number of halogens is 1. The summed E-state index contributed by atoms with van der Waals surface area (Å²) < 4.78 is 14.7. The summed E-state index contributed by atoms with van der Waals surface area (Å²) in [6.45, 7) is 4.32. The van der Waals surface area contributed by atoms with E-state index in [1.54, 1.807) is 22.8 Å². The molecule has 0 radical (unpaired) electrons. The highest BCUT2D eigenvalue weighted by Gasteiger charge is 2.15. The van der Waals surface area contributed by atoms with Gasteiger partial charge in [-0.1, -0.05) is 12.1 Å². The molecule has 0 aliphatic heterocycles. The molecular weight excluding hydrogens is 357 g/mol. The molecule has 0 saturated carbocycles. The van der Waals surface area contributed by atoms with Gasteiger partial charge in [0.25, 0.3) is 0 Å². The van der Waals surface area contributed by atoms with E-state index in [2.05, 4.69) is 15.4 Å². The number of aryl methyl sites for hydroxylation is 2. The van der Waals surface area contributed by atoms with E-state index in [1.807, 2.05) is 26.0 Å². The number of amides is 1. The predicted molar refractivity (Wildman–Crippen MR) is 104 cm³/mol. The molecule has 142 valence electrons. The summed E-state index contributed by atoms with van der Waals surface area (Å²) in [6.07, 6.45) is 2.62. The highest BCUT2D eigenvalue weighted by molar-refractivity contribution is 5.89. The number of hydrogen-bond acceptors (Lipinski definition) is 4. The average molecular weight is 377 g/mol. The van der Waals surface area contributed by atoms with Crippen LogP contribution in [0.4, 0.5) is 4.39 Å². The summed E-state index contributed by atoms with van der Waals surface area (Å²) in [6, 6.07) is 9.93. The molecule has 0 aliphatic carbocycles. The van der Waals surface area contributed by atoms with E-state index >= 15 is 0 Å². The lowest BCUT2D eigenvalue weighted by Gasteiger charge is -2.11. The van der Waals surface area contributed by atoms with Gasteiger partial charge in [0, 0.05) is 30.6 Å². The molecule has 3 heterocycles. The summed E-state index contributed by atoms with van der Waals surface area (Å²) in [5.41, 5.74) is 5.17. The first kappa shape index (κ1) is 18.0. The van der Waals surface area contributed by atoms with Crippen molar-refractivity contribution < 1.29 is 9.18 Å². The maximum atomic E-state index is 12.9. The zero-order valence-corrected chi connectivity index (χ0v) is 15.7. The number of rotatable bonds is 5. The van der Waals surface area contributed by atoms with Crippen LogP contribution in [0.3, 0.4) is 0 Å². The molecule has 4 rings (SSSR count). The Labute approximate surface area is 161 Å². The Morgan fingerprint density at radius 2 is 1.96 bits per heavy atom. The Morgan fingerprint density at radius 3 is 2.75 bits per heavy atom. The third kappa shape index (κ3) is 3.43. The minimum atomic E-state index is -0.287. The fraction of sp³-hybridized carbons (Fsp3) is 0.238. The van der Waals surface area contributed by atoms with Gasteiger partial charge in [0.1, 0.15) is 5.82 Å². The van der Waals surface area contributed by atoms with E-state index < -0.39 is 0 Å². The van der Waals surface area contributed by atoms with Crippen LogP contribution in [-0.4, -0.2) is 25.5 Å². The minimum absolute atomic E-state index is 0.0597. The van der Waals surface area contributed by atoms with Crippen LogP contribution in [0.25, 0.3) is 16.7 Å². The second-order valence-electron chi connectivity index (χ2n) is 6.77. The van der Waals surface area contributed by atoms with Crippen molar-refractivity contribution in [3.05, 3.63) is 70.9 Å². The number of benzene rings is 1. The molecule has 6 nitrogen and oxygen atoms in total. The van der Waals surface area contributed by atoms with Gasteiger partial charge in [0.2, 0.25) is 5.91 Å². The van der Waals surface area contributed by atoms with E-state index in [4.69, 9.17) is 4.98 Å². The van der Waals surface area contributed by atoms with Crippen LogP contribution >= 0.6 is 0 Å². The Balaban J connectivity index is 1.49. The zero-order valence-electron chi connectivity index (χ0n) is 15.7. The lowest BCUT2D eigenvalue weighted by atomic mass is 10.1. The summed E-state index contributed by atoms with van der Waals surface area (Å²) in [5.74, 6) is -0.346. The first-order chi connectivity index (χ1) is 13.5. The number of aromatic nitrogens is 4. The molecule has 1 N–H and O–H groups in total.